The Morgan fingerprint density at radius 3 is 1.59 bits per heavy atom. The smallest absolute Gasteiger partial charge is 0.0406 e. The zero-order valence-corrected chi connectivity index (χ0v) is 21.6. The summed E-state index contributed by atoms with van der Waals surface area (Å²) in [6, 6.07) is 8.68. The van der Waals surface area contributed by atoms with E-state index in [1.54, 1.807) is 38.5 Å². The summed E-state index contributed by atoms with van der Waals surface area (Å²) < 4.78 is 0. The van der Waals surface area contributed by atoms with Crippen LogP contribution in [0.3, 0.4) is 0 Å². The van der Waals surface area contributed by atoms with Crippen molar-refractivity contribution in [3.05, 3.63) is 34.9 Å². The van der Waals surface area contributed by atoms with Gasteiger partial charge in [-0.3, -0.25) is 0 Å². The van der Waals surface area contributed by atoms with Crippen LogP contribution in [0.4, 0.5) is 0 Å². The van der Waals surface area contributed by atoms with E-state index in [-0.39, 0.29) is 0 Å². The first-order chi connectivity index (χ1) is 15.7. The van der Waals surface area contributed by atoms with Crippen LogP contribution in [-0.2, 0) is 0 Å². The van der Waals surface area contributed by atoms with Crippen LogP contribution in [0.5, 0.6) is 0 Å². The Morgan fingerprint density at radius 1 is 0.594 bits per heavy atom. The van der Waals surface area contributed by atoms with E-state index in [9.17, 15) is 0 Å². The van der Waals surface area contributed by atoms with Crippen molar-refractivity contribution in [1.29, 1.82) is 0 Å². The highest BCUT2D eigenvalue weighted by atomic mass is 35.5. The summed E-state index contributed by atoms with van der Waals surface area (Å²) in [6.45, 7) is 2.32. The van der Waals surface area contributed by atoms with Gasteiger partial charge in [-0.25, -0.2) is 0 Å². The van der Waals surface area contributed by atoms with Gasteiger partial charge in [0.1, 0.15) is 0 Å². The highest BCUT2D eigenvalue weighted by Crippen LogP contribution is 2.47. The van der Waals surface area contributed by atoms with Gasteiger partial charge >= 0.3 is 0 Å². The Morgan fingerprint density at radius 2 is 1.06 bits per heavy atom. The van der Waals surface area contributed by atoms with E-state index >= 15 is 0 Å². The Bertz CT molecular complexity index is 625. The number of halogens is 1. The number of rotatable bonds is 9. The molecule has 0 bridgehead atoms. The molecule has 0 atom stereocenters. The van der Waals surface area contributed by atoms with Crippen molar-refractivity contribution in [2.45, 2.75) is 128 Å². The summed E-state index contributed by atoms with van der Waals surface area (Å²) >= 11 is 6.09. The molecule has 3 aliphatic carbocycles. The minimum Gasteiger partial charge on any atom is -0.0843 e. The molecule has 0 N–H and O–H groups in total. The first kappa shape index (κ1) is 24.6. The van der Waals surface area contributed by atoms with Gasteiger partial charge in [-0.05, 0) is 117 Å². The first-order valence-electron chi connectivity index (χ1n) is 14.5. The minimum atomic E-state index is 0.779. The Balaban J connectivity index is 1.12. The van der Waals surface area contributed by atoms with Crippen LogP contribution < -0.4 is 0 Å². The zero-order chi connectivity index (χ0) is 22.2. The van der Waals surface area contributed by atoms with Gasteiger partial charge in [0.25, 0.3) is 0 Å². The van der Waals surface area contributed by atoms with Gasteiger partial charge in [-0.15, -0.1) is 0 Å². The monoisotopic (exact) mass is 456 g/mol. The predicted octanol–water partition coefficient (Wildman–Crippen LogP) is 10.6. The number of hydrogen-bond acceptors (Lipinski definition) is 0. The molecular formula is C31H49Cl. The van der Waals surface area contributed by atoms with Gasteiger partial charge in [-0.2, -0.15) is 0 Å². The second-order valence-electron chi connectivity index (χ2n) is 11.8. The van der Waals surface area contributed by atoms with Crippen LogP contribution in [0.2, 0.25) is 5.02 Å². The van der Waals surface area contributed by atoms with Crippen LogP contribution in [0, 0.1) is 29.6 Å². The predicted molar refractivity (Wildman–Crippen MR) is 140 cm³/mol. The molecule has 1 heteroatoms. The Kier molecular flexibility index (Phi) is 9.87. The van der Waals surface area contributed by atoms with Crippen molar-refractivity contribution >= 4 is 11.6 Å². The van der Waals surface area contributed by atoms with E-state index in [4.69, 9.17) is 11.6 Å². The minimum absolute atomic E-state index is 0.779. The van der Waals surface area contributed by atoms with Crippen molar-refractivity contribution in [3.8, 4) is 0 Å². The fraction of sp³-hybridized carbons (Fsp3) is 0.806. The highest BCUT2D eigenvalue weighted by molar-refractivity contribution is 6.30. The summed E-state index contributed by atoms with van der Waals surface area (Å²) in [4.78, 5) is 0. The second kappa shape index (κ2) is 12.8. The van der Waals surface area contributed by atoms with E-state index in [2.05, 4.69) is 31.2 Å². The fourth-order valence-corrected chi connectivity index (χ4v) is 7.86. The molecule has 4 rings (SSSR count). The van der Waals surface area contributed by atoms with Crippen molar-refractivity contribution in [2.75, 3.05) is 0 Å². The maximum absolute atomic E-state index is 6.09. The van der Waals surface area contributed by atoms with Gasteiger partial charge in [0.15, 0.2) is 0 Å². The molecule has 0 unspecified atom stereocenters. The molecule has 3 aliphatic rings. The van der Waals surface area contributed by atoms with Crippen LogP contribution in [-0.4, -0.2) is 0 Å². The van der Waals surface area contributed by atoms with E-state index < -0.39 is 0 Å². The van der Waals surface area contributed by atoms with Crippen LogP contribution in [0.25, 0.3) is 0 Å². The van der Waals surface area contributed by atoms with E-state index in [1.807, 2.05) is 0 Å². The zero-order valence-electron chi connectivity index (χ0n) is 20.9. The van der Waals surface area contributed by atoms with Crippen molar-refractivity contribution in [1.82, 2.24) is 0 Å². The molecule has 0 radical (unpaired) electrons. The Hall–Kier alpha value is -0.490. The van der Waals surface area contributed by atoms with Gasteiger partial charge in [0.2, 0.25) is 0 Å². The molecule has 0 spiro atoms. The first-order valence-corrected chi connectivity index (χ1v) is 14.9. The lowest BCUT2D eigenvalue weighted by Gasteiger charge is -2.41. The summed E-state index contributed by atoms with van der Waals surface area (Å²) in [5, 5.41) is 0.870. The lowest BCUT2D eigenvalue weighted by atomic mass is 9.64. The second-order valence-corrected chi connectivity index (χ2v) is 12.3. The molecule has 0 aromatic heterocycles. The number of benzene rings is 1. The molecule has 1 aromatic rings. The quantitative estimate of drug-likeness (QED) is 0.324. The largest absolute Gasteiger partial charge is 0.0843 e. The fourth-order valence-electron chi connectivity index (χ4n) is 7.73. The molecule has 0 saturated heterocycles. The molecule has 0 heterocycles. The van der Waals surface area contributed by atoms with E-state index in [1.165, 1.54) is 82.6 Å². The molecule has 1 aromatic carbocycles. The maximum Gasteiger partial charge on any atom is 0.0406 e. The van der Waals surface area contributed by atoms with Gasteiger partial charge in [0.05, 0.1) is 0 Å². The SMILES string of the molecule is CCCCCCC[C@H]1CC[C@H]([C@H]2CC[C@H]([C@H]3CC[C@H](c4ccc(Cl)cc4)CC3)CC2)CC1. The molecule has 32 heavy (non-hydrogen) atoms. The van der Waals surface area contributed by atoms with Crippen LogP contribution in [0.15, 0.2) is 24.3 Å². The molecule has 3 saturated carbocycles. The maximum atomic E-state index is 6.09. The highest BCUT2D eigenvalue weighted by Gasteiger charge is 2.34. The third-order valence-corrected chi connectivity index (χ3v) is 10.1. The molecule has 0 nitrogen and oxygen atoms in total. The molecule has 180 valence electrons. The third-order valence-electron chi connectivity index (χ3n) is 9.87. The van der Waals surface area contributed by atoms with Gasteiger partial charge in [-0.1, -0.05) is 82.0 Å². The average Bonchev–Trinajstić information content (AvgIpc) is 2.85. The summed E-state index contributed by atoms with van der Waals surface area (Å²) in [5.74, 6) is 6.05. The molecule has 0 amide bonds. The number of hydrogen-bond donors (Lipinski definition) is 0. The normalized spacial score (nSPS) is 33.8. The standard InChI is InChI=1S/C31H49Cl/c1-2-3-4-5-6-7-24-8-10-25(11-9-24)26-12-14-27(15-13-26)28-16-18-29(19-17-28)30-20-22-31(32)23-21-30/h20-29H,2-19H2,1H3/t24-,25-,26-,27-,28-,29-. The van der Waals surface area contributed by atoms with Crippen molar-refractivity contribution in [3.63, 3.8) is 0 Å². The molecule has 0 aliphatic heterocycles. The van der Waals surface area contributed by atoms with Crippen LogP contribution in [0.1, 0.15) is 134 Å². The topological polar surface area (TPSA) is 0 Å². The molecular weight excluding hydrogens is 408 g/mol. The van der Waals surface area contributed by atoms with E-state index in [0.717, 1.165) is 40.5 Å². The lowest BCUT2D eigenvalue weighted by molar-refractivity contribution is 0.108. The average molecular weight is 457 g/mol. The van der Waals surface area contributed by atoms with E-state index in [0.29, 0.717) is 0 Å². The number of unbranched alkanes of at least 4 members (excludes halogenated alkanes) is 4. The van der Waals surface area contributed by atoms with Crippen molar-refractivity contribution < 1.29 is 0 Å². The Labute approximate surface area is 204 Å². The summed E-state index contributed by atoms with van der Waals surface area (Å²) in [7, 11) is 0. The van der Waals surface area contributed by atoms with Crippen LogP contribution >= 0.6 is 11.6 Å². The third kappa shape index (κ3) is 7.01. The van der Waals surface area contributed by atoms with Gasteiger partial charge < -0.3 is 0 Å². The van der Waals surface area contributed by atoms with Crippen molar-refractivity contribution in [2.24, 2.45) is 29.6 Å². The van der Waals surface area contributed by atoms with Gasteiger partial charge in [0, 0.05) is 5.02 Å². The summed E-state index contributed by atoms with van der Waals surface area (Å²) in [6.07, 6.45) is 26.9. The summed E-state index contributed by atoms with van der Waals surface area (Å²) in [5.41, 5.74) is 1.52. The lowest BCUT2D eigenvalue weighted by Crippen LogP contribution is -2.29. The molecule has 3 fully saturated rings.